The first-order valence-corrected chi connectivity index (χ1v) is 4.93. The molecular formula is C11H11F2N3O. The number of alkyl halides is 2. The minimum absolute atomic E-state index is 0.144. The number of nitrogens with zero attached hydrogens (tertiary/aromatic N) is 1. The lowest BCUT2D eigenvalue weighted by molar-refractivity contribution is -0.0502. The second-order valence-electron chi connectivity index (χ2n) is 3.57. The van der Waals surface area contributed by atoms with Gasteiger partial charge in [-0.15, -0.1) is 0 Å². The van der Waals surface area contributed by atoms with E-state index < -0.39 is 6.61 Å². The zero-order valence-electron chi connectivity index (χ0n) is 9.08. The van der Waals surface area contributed by atoms with Crippen molar-refractivity contribution in [1.82, 2.24) is 10.2 Å². The number of hydrogen-bond acceptors (Lipinski definition) is 3. The molecule has 0 aliphatic heterocycles. The Bertz CT molecular complexity index is 525. The van der Waals surface area contributed by atoms with Gasteiger partial charge in [0.1, 0.15) is 11.6 Å². The molecule has 6 heteroatoms. The van der Waals surface area contributed by atoms with E-state index in [9.17, 15) is 8.78 Å². The van der Waals surface area contributed by atoms with E-state index in [4.69, 9.17) is 5.73 Å². The third-order valence-corrected chi connectivity index (χ3v) is 2.31. The first kappa shape index (κ1) is 11.4. The first-order valence-electron chi connectivity index (χ1n) is 4.93. The molecule has 3 N–H and O–H groups in total. The molecule has 2 rings (SSSR count). The molecule has 4 nitrogen and oxygen atoms in total. The highest BCUT2D eigenvalue weighted by Crippen LogP contribution is 2.27. The number of aromatic amines is 1. The molecule has 0 amide bonds. The van der Waals surface area contributed by atoms with Gasteiger partial charge in [0.15, 0.2) is 0 Å². The fourth-order valence-corrected chi connectivity index (χ4v) is 1.48. The van der Waals surface area contributed by atoms with E-state index in [1.165, 1.54) is 6.07 Å². The highest BCUT2D eigenvalue weighted by molar-refractivity contribution is 5.64. The normalized spacial score (nSPS) is 10.8. The third kappa shape index (κ3) is 2.52. The topological polar surface area (TPSA) is 63.9 Å². The van der Waals surface area contributed by atoms with Gasteiger partial charge in [-0.2, -0.15) is 13.9 Å². The van der Waals surface area contributed by atoms with E-state index in [0.29, 0.717) is 22.6 Å². The lowest BCUT2D eigenvalue weighted by atomic mass is 10.1. The van der Waals surface area contributed by atoms with Gasteiger partial charge in [-0.05, 0) is 18.6 Å². The number of aromatic nitrogens is 2. The molecule has 17 heavy (non-hydrogen) atoms. The molecule has 0 saturated carbocycles. The number of hydrogen-bond donors (Lipinski definition) is 2. The monoisotopic (exact) mass is 239 g/mol. The van der Waals surface area contributed by atoms with Crippen LogP contribution in [0.3, 0.4) is 0 Å². The Morgan fingerprint density at radius 2 is 2.12 bits per heavy atom. The SMILES string of the molecule is Cc1ccc(-c2cc(N)n[nH]2)cc1OC(F)F. The maximum atomic E-state index is 12.2. The largest absolute Gasteiger partial charge is 0.435 e. The molecule has 0 bridgehead atoms. The third-order valence-electron chi connectivity index (χ3n) is 2.31. The van der Waals surface area contributed by atoms with Crippen LogP contribution in [0.2, 0.25) is 0 Å². The van der Waals surface area contributed by atoms with Crippen LogP contribution in [0.1, 0.15) is 5.56 Å². The minimum Gasteiger partial charge on any atom is -0.435 e. The Labute approximate surface area is 96.4 Å². The number of nitrogens with one attached hydrogen (secondary N) is 1. The predicted molar refractivity (Wildman–Crippen MR) is 59.8 cm³/mol. The number of anilines is 1. The predicted octanol–water partition coefficient (Wildman–Crippen LogP) is 2.57. The second-order valence-corrected chi connectivity index (χ2v) is 3.57. The van der Waals surface area contributed by atoms with Crippen LogP contribution in [-0.2, 0) is 0 Å². The quantitative estimate of drug-likeness (QED) is 0.865. The summed E-state index contributed by atoms with van der Waals surface area (Å²) in [4.78, 5) is 0. The molecule has 0 fully saturated rings. The Kier molecular flexibility index (Phi) is 2.95. The van der Waals surface area contributed by atoms with Crippen LogP contribution in [0.15, 0.2) is 24.3 Å². The number of halogens is 2. The van der Waals surface area contributed by atoms with Gasteiger partial charge in [-0.3, -0.25) is 5.10 Å². The molecule has 0 radical (unpaired) electrons. The van der Waals surface area contributed by atoms with Gasteiger partial charge in [-0.25, -0.2) is 0 Å². The highest BCUT2D eigenvalue weighted by Gasteiger charge is 2.10. The van der Waals surface area contributed by atoms with Crippen molar-refractivity contribution >= 4 is 5.82 Å². The van der Waals surface area contributed by atoms with Crippen LogP contribution >= 0.6 is 0 Å². The van der Waals surface area contributed by atoms with E-state index in [0.717, 1.165) is 0 Å². The lowest BCUT2D eigenvalue weighted by Gasteiger charge is -2.09. The summed E-state index contributed by atoms with van der Waals surface area (Å²) in [6.45, 7) is -1.14. The van der Waals surface area contributed by atoms with Gasteiger partial charge >= 0.3 is 6.61 Å². The summed E-state index contributed by atoms with van der Waals surface area (Å²) in [6.07, 6.45) is 0. The summed E-state index contributed by atoms with van der Waals surface area (Å²) in [7, 11) is 0. The summed E-state index contributed by atoms with van der Waals surface area (Å²) < 4.78 is 28.8. The number of rotatable bonds is 3. The summed E-state index contributed by atoms with van der Waals surface area (Å²) in [5.41, 5.74) is 7.46. The van der Waals surface area contributed by atoms with Crippen molar-refractivity contribution in [1.29, 1.82) is 0 Å². The van der Waals surface area contributed by atoms with E-state index in [-0.39, 0.29) is 5.75 Å². The summed E-state index contributed by atoms with van der Waals surface area (Å²) in [5, 5.41) is 6.47. The molecule has 90 valence electrons. The zero-order valence-corrected chi connectivity index (χ0v) is 9.08. The average molecular weight is 239 g/mol. The molecule has 1 heterocycles. The van der Waals surface area contributed by atoms with Gasteiger partial charge in [0.25, 0.3) is 0 Å². The molecule has 1 aromatic heterocycles. The average Bonchev–Trinajstić information content (AvgIpc) is 2.67. The molecule has 0 spiro atoms. The molecule has 0 unspecified atom stereocenters. The van der Waals surface area contributed by atoms with Crippen molar-refractivity contribution in [3.05, 3.63) is 29.8 Å². The minimum atomic E-state index is -2.84. The summed E-state index contributed by atoms with van der Waals surface area (Å²) in [6, 6.07) is 6.62. The van der Waals surface area contributed by atoms with E-state index in [2.05, 4.69) is 14.9 Å². The van der Waals surface area contributed by atoms with Crippen LogP contribution in [0, 0.1) is 6.92 Å². The number of H-pyrrole nitrogens is 1. The van der Waals surface area contributed by atoms with Gasteiger partial charge in [0.05, 0.1) is 5.69 Å². The standard InChI is InChI=1S/C11H11F2N3O/c1-6-2-3-7(4-9(6)17-11(12)13)8-5-10(14)16-15-8/h2-5,11H,1H3,(H3,14,15,16). The molecule has 1 aromatic carbocycles. The Morgan fingerprint density at radius 1 is 1.35 bits per heavy atom. The zero-order chi connectivity index (χ0) is 12.4. The number of aryl methyl sites for hydroxylation is 1. The van der Waals surface area contributed by atoms with E-state index >= 15 is 0 Å². The Balaban J connectivity index is 2.36. The highest BCUT2D eigenvalue weighted by atomic mass is 19.3. The van der Waals surface area contributed by atoms with Crippen LogP contribution < -0.4 is 10.5 Å². The van der Waals surface area contributed by atoms with Crippen LogP contribution in [-0.4, -0.2) is 16.8 Å². The van der Waals surface area contributed by atoms with Crippen molar-refractivity contribution in [2.75, 3.05) is 5.73 Å². The van der Waals surface area contributed by atoms with Crippen molar-refractivity contribution in [2.45, 2.75) is 13.5 Å². The number of benzene rings is 1. The fourth-order valence-electron chi connectivity index (χ4n) is 1.48. The molecule has 0 aliphatic rings. The summed E-state index contributed by atoms with van der Waals surface area (Å²) >= 11 is 0. The fraction of sp³-hybridized carbons (Fsp3) is 0.182. The smallest absolute Gasteiger partial charge is 0.387 e. The second kappa shape index (κ2) is 4.40. The number of ether oxygens (including phenoxy) is 1. The first-order chi connectivity index (χ1) is 8.06. The molecule has 0 atom stereocenters. The van der Waals surface area contributed by atoms with Crippen LogP contribution in [0.4, 0.5) is 14.6 Å². The molecule has 2 aromatic rings. The van der Waals surface area contributed by atoms with Crippen molar-refractivity contribution in [3.63, 3.8) is 0 Å². The maximum Gasteiger partial charge on any atom is 0.387 e. The number of nitrogen functional groups attached to an aromatic ring is 1. The van der Waals surface area contributed by atoms with Gasteiger partial charge in [-0.1, -0.05) is 12.1 Å². The van der Waals surface area contributed by atoms with Crippen molar-refractivity contribution in [3.8, 4) is 17.0 Å². The van der Waals surface area contributed by atoms with Gasteiger partial charge in [0, 0.05) is 11.6 Å². The summed E-state index contributed by atoms with van der Waals surface area (Å²) in [5.74, 6) is 0.488. The Hall–Kier alpha value is -2.11. The van der Waals surface area contributed by atoms with Gasteiger partial charge < -0.3 is 10.5 Å². The molecule has 0 saturated heterocycles. The van der Waals surface area contributed by atoms with Crippen molar-refractivity contribution in [2.24, 2.45) is 0 Å². The number of nitrogens with two attached hydrogens (primary N) is 1. The lowest BCUT2D eigenvalue weighted by Crippen LogP contribution is -2.03. The van der Waals surface area contributed by atoms with Crippen molar-refractivity contribution < 1.29 is 13.5 Å². The van der Waals surface area contributed by atoms with Crippen LogP contribution in [0.5, 0.6) is 5.75 Å². The maximum absolute atomic E-state index is 12.2. The molecular weight excluding hydrogens is 228 g/mol. The van der Waals surface area contributed by atoms with Crippen LogP contribution in [0.25, 0.3) is 11.3 Å². The molecule has 0 aliphatic carbocycles. The van der Waals surface area contributed by atoms with Gasteiger partial charge in [0.2, 0.25) is 0 Å². The van der Waals surface area contributed by atoms with E-state index in [1.54, 1.807) is 25.1 Å². The Morgan fingerprint density at radius 3 is 2.71 bits per heavy atom. The van der Waals surface area contributed by atoms with E-state index in [1.807, 2.05) is 0 Å².